The van der Waals surface area contributed by atoms with E-state index in [1.165, 1.54) is 6.07 Å². The quantitative estimate of drug-likeness (QED) is 0.491. The van der Waals surface area contributed by atoms with Crippen molar-refractivity contribution in [3.05, 3.63) is 32.5 Å². The molecule has 2 N–H and O–H groups in total. The lowest BCUT2D eigenvalue weighted by molar-refractivity contribution is -0.387. The zero-order valence-corrected chi connectivity index (χ0v) is 10.9. The van der Waals surface area contributed by atoms with Crippen LogP contribution in [0.3, 0.4) is 0 Å². The van der Waals surface area contributed by atoms with E-state index in [1.54, 1.807) is 0 Å². The topological polar surface area (TPSA) is 83.6 Å². The Hall–Kier alpha value is -0.700. The van der Waals surface area contributed by atoms with Crippen LogP contribution in [0.15, 0.2) is 21.5 Å². The van der Waals surface area contributed by atoms with Crippen molar-refractivity contribution in [2.24, 2.45) is 0 Å². The molecule has 5 nitrogen and oxygen atoms in total. The van der Waals surface area contributed by atoms with Crippen LogP contribution in [0.25, 0.3) is 0 Å². The second-order valence-corrected chi connectivity index (χ2v) is 5.05. The number of hydrogen-bond donors (Lipinski definition) is 2. The summed E-state index contributed by atoms with van der Waals surface area (Å²) in [7, 11) is 0. The summed E-state index contributed by atoms with van der Waals surface area (Å²) in [6, 6.07) is 2.10. The molecule has 0 saturated heterocycles. The van der Waals surface area contributed by atoms with Gasteiger partial charge in [-0.25, -0.2) is 4.39 Å². The van der Waals surface area contributed by atoms with Gasteiger partial charge in [0, 0.05) is 5.75 Å². The third-order valence-electron chi connectivity index (χ3n) is 1.84. The van der Waals surface area contributed by atoms with Crippen molar-refractivity contribution >= 4 is 33.4 Å². The van der Waals surface area contributed by atoms with Crippen molar-refractivity contribution in [3.8, 4) is 0 Å². The Morgan fingerprint density at radius 2 is 2.24 bits per heavy atom. The van der Waals surface area contributed by atoms with E-state index >= 15 is 0 Å². The van der Waals surface area contributed by atoms with E-state index in [-0.39, 0.29) is 20.8 Å². The van der Waals surface area contributed by atoms with E-state index in [0.29, 0.717) is 0 Å². The molecule has 1 atom stereocenters. The molecule has 8 heteroatoms. The predicted octanol–water partition coefficient (Wildman–Crippen LogP) is 1.94. The first kappa shape index (κ1) is 14.4. The van der Waals surface area contributed by atoms with Crippen LogP contribution in [0, 0.1) is 15.9 Å². The highest BCUT2D eigenvalue weighted by Gasteiger charge is 2.18. The summed E-state index contributed by atoms with van der Waals surface area (Å²) >= 11 is 3.91. The molecule has 1 unspecified atom stereocenters. The van der Waals surface area contributed by atoms with E-state index in [1.807, 2.05) is 0 Å². The van der Waals surface area contributed by atoms with Crippen molar-refractivity contribution in [1.82, 2.24) is 0 Å². The third-order valence-corrected chi connectivity index (χ3v) is 3.64. The second kappa shape index (κ2) is 6.29. The number of halogens is 2. The molecule has 0 amide bonds. The van der Waals surface area contributed by atoms with E-state index < -0.39 is 23.5 Å². The normalized spacial score (nSPS) is 12.5. The van der Waals surface area contributed by atoms with E-state index in [0.717, 1.165) is 17.8 Å². The Bertz CT molecular complexity index is 432. The molecule has 0 aliphatic carbocycles. The maximum absolute atomic E-state index is 13.1. The predicted molar refractivity (Wildman–Crippen MR) is 64.6 cm³/mol. The Balaban J connectivity index is 2.96. The van der Waals surface area contributed by atoms with E-state index in [4.69, 9.17) is 10.2 Å². The number of hydrogen-bond acceptors (Lipinski definition) is 5. The van der Waals surface area contributed by atoms with Gasteiger partial charge in [0.05, 0.1) is 33.1 Å². The maximum Gasteiger partial charge on any atom is 0.285 e. The summed E-state index contributed by atoms with van der Waals surface area (Å²) in [6.45, 7) is -0.427. The van der Waals surface area contributed by atoms with Gasteiger partial charge in [-0.15, -0.1) is 11.8 Å². The first-order chi connectivity index (χ1) is 7.95. The fourth-order valence-corrected chi connectivity index (χ4v) is 2.47. The summed E-state index contributed by atoms with van der Waals surface area (Å²) in [5, 5.41) is 28.5. The monoisotopic (exact) mass is 325 g/mol. The van der Waals surface area contributed by atoms with Gasteiger partial charge in [0.25, 0.3) is 5.69 Å². The van der Waals surface area contributed by atoms with Gasteiger partial charge in [-0.05, 0) is 22.0 Å². The number of aliphatic hydroxyl groups is 2. The van der Waals surface area contributed by atoms with Gasteiger partial charge in [-0.1, -0.05) is 0 Å². The molecule has 0 spiro atoms. The molecule has 0 aromatic heterocycles. The van der Waals surface area contributed by atoms with Gasteiger partial charge >= 0.3 is 0 Å². The van der Waals surface area contributed by atoms with Gasteiger partial charge in [0.15, 0.2) is 0 Å². The van der Waals surface area contributed by atoms with Crippen molar-refractivity contribution in [3.63, 3.8) is 0 Å². The van der Waals surface area contributed by atoms with Crippen LogP contribution in [-0.2, 0) is 0 Å². The molecule has 94 valence electrons. The SMILES string of the molecule is O=[N+]([O-])c1cc(F)c(Br)cc1SCC(O)CO. The third kappa shape index (κ3) is 3.91. The van der Waals surface area contributed by atoms with Gasteiger partial charge in [0.2, 0.25) is 0 Å². The molecule has 0 heterocycles. The number of nitrogens with zero attached hydrogens (tertiary/aromatic N) is 1. The van der Waals surface area contributed by atoms with Crippen LogP contribution in [0.1, 0.15) is 0 Å². The molecule has 17 heavy (non-hydrogen) atoms. The van der Waals surface area contributed by atoms with Crippen molar-refractivity contribution in [2.45, 2.75) is 11.0 Å². The molecule has 1 aromatic carbocycles. The number of nitro groups is 1. The number of thioether (sulfide) groups is 1. The maximum atomic E-state index is 13.1. The van der Waals surface area contributed by atoms with Gasteiger partial charge < -0.3 is 10.2 Å². The van der Waals surface area contributed by atoms with Crippen LogP contribution >= 0.6 is 27.7 Å². The van der Waals surface area contributed by atoms with Crippen LogP contribution < -0.4 is 0 Å². The second-order valence-electron chi connectivity index (χ2n) is 3.14. The molecule has 0 aliphatic heterocycles. The molecule has 0 radical (unpaired) electrons. The molecule has 0 saturated carbocycles. The largest absolute Gasteiger partial charge is 0.394 e. The number of nitro benzene ring substituents is 1. The molecule has 1 aromatic rings. The molecular weight excluding hydrogens is 317 g/mol. The smallest absolute Gasteiger partial charge is 0.285 e. The van der Waals surface area contributed by atoms with Crippen molar-refractivity contribution < 1.29 is 19.5 Å². The fourth-order valence-electron chi connectivity index (χ4n) is 1.02. The minimum atomic E-state index is -0.969. The van der Waals surface area contributed by atoms with Gasteiger partial charge in [-0.2, -0.15) is 0 Å². The molecular formula is C9H9BrFNO4S. The fraction of sp³-hybridized carbons (Fsp3) is 0.333. The molecule has 0 aliphatic rings. The average molecular weight is 326 g/mol. The zero-order chi connectivity index (χ0) is 13.0. The van der Waals surface area contributed by atoms with E-state index in [2.05, 4.69) is 15.9 Å². The Kier molecular flexibility index (Phi) is 5.31. The van der Waals surface area contributed by atoms with Crippen molar-refractivity contribution in [2.75, 3.05) is 12.4 Å². The Labute approximate surface area is 109 Å². The summed E-state index contributed by atoms with van der Waals surface area (Å²) in [5.74, 6) is -0.626. The van der Waals surface area contributed by atoms with Crippen LogP contribution in [-0.4, -0.2) is 33.6 Å². The summed E-state index contributed by atoms with van der Waals surface area (Å²) < 4.78 is 13.2. The molecule has 1 rings (SSSR count). The highest BCUT2D eigenvalue weighted by molar-refractivity contribution is 9.10. The minimum Gasteiger partial charge on any atom is -0.394 e. The van der Waals surface area contributed by atoms with E-state index in [9.17, 15) is 14.5 Å². The van der Waals surface area contributed by atoms with Crippen LogP contribution in [0.5, 0.6) is 0 Å². The number of benzene rings is 1. The lowest BCUT2D eigenvalue weighted by Gasteiger charge is -2.07. The first-order valence-electron chi connectivity index (χ1n) is 4.51. The minimum absolute atomic E-state index is 0.0927. The van der Waals surface area contributed by atoms with Crippen molar-refractivity contribution in [1.29, 1.82) is 0 Å². The zero-order valence-electron chi connectivity index (χ0n) is 8.47. The first-order valence-corrected chi connectivity index (χ1v) is 6.28. The summed E-state index contributed by atoms with van der Waals surface area (Å²) in [6.07, 6.45) is -0.969. The van der Waals surface area contributed by atoms with Gasteiger partial charge in [0.1, 0.15) is 5.82 Å². The van der Waals surface area contributed by atoms with Crippen LogP contribution in [0.4, 0.5) is 10.1 Å². The Morgan fingerprint density at radius 1 is 1.59 bits per heavy atom. The standard InChI is InChI=1S/C9H9BrFNO4S/c10-6-1-9(17-4-5(14)3-13)8(12(15)16)2-7(6)11/h1-2,5,13-14H,3-4H2. The summed E-state index contributed by atoms with van der Waals surface area (Å²) in [4.78, 5) is 10.2. The van der Waals surface area contributed by atoms with Crippen LogP contribution in [0.2, 0.25) is 0 Å². The lowest BCUT2D eigenvalue weighted by atomic mass is 10.3. The Morgan fingerprint density at radius 3 is 2.76 bits per heavy atom. The summed E-state index contributed by atoms with van der Waals surface area (Å²) in [5.41, 5.74) is -0.360. The highest BCUT2D eigenvalue weighted by Crippen LogP contribution is 2.33. The molecule has 0 bridgehead atoms. The number of aliphatic hydroxyl groups excluding tert-OH is 2. The highest BCUT2D eigenvalue weighted by atomic mass is 79.9. The molecule has 0 fully saturated rings. The van der Waals surface area contributed by atoms with Gasteiger partial charge in [-0.3, -0.25) is 10.1 Å². The number of rotatable bonds is 5. The average Bonchev–Trinajstić information content (AvgIpc) is 2.29. The lowest BCUT2D eigenvalue weighted by Crippen LogP contribution is -2.14.